The average molecular weight is 343 g/mol. The van der Waals surface area contributed by atoms with Crippen molar-refractivity contribution >= 4 is 16.8 Å². The molecule has 0 atom stereocenters. The molecule has 1 amide bonds. The van der Waals surface area contributed by atoms with E-state index in [4.69, 9.17) is 0 Å². The molecule has 6 nitrogen and oxygen atoms in total. The molecule has 2 aromatic heterocycles. The van der Waals surface area contributed by atoms with Gasteiger partial charge in [0.1, 0.15) is 0 Å². The van der Waals surface area contributed by atoms with Crippen LogP contribution in [0.15, 0.2) is 17.2 Å². The molecule has 0 unspecified atom stereocenters. The van der Waals surface area contributed by atoms with Gasteiger partial charge in [0.25, 0.3) is 11.5 Å². The Morgan fingerprint density at radius 3 is 2.54 bits per heavy atom. The number of hydrogen-bond donors (Lipinski definition) is 2. The number of nitrogens with zero attached hydrogens (tertiary/aromatic N) is 1. The number of carbonyl (C=O) groups excluding carboxylic acids is 1. The molecular formula is C15H16F3N3O3. The number of aromatic amines is 2. The number of alkyl halides is 3. The van der Waals surface area contributed by atoms with Gasteiger partial charge in [0.15, 0.2) is 0 Å². The van der Waals surface area contributed by atoms with Crippen LogP contribution in [0.25, 0.3) is 10.9 Å². The van der Waals surface area contributed by atoms with Crippen LogP contribution in [0.1, 0.15) is 28.8 Å². The van der Waals surface area contributed by atoms with E-state index in [1.54, 1.807) is 13.1 Å². The second kappa shape index (κ2) is 5.97. The van der Waals surface area contributed by atoms with Crippen molar-refractivity contribution in [1.29, 1.82) is 0 Å². The quantitative estimate of drug-likeness (QED) is 0.878. The van der Waals surface area contributed by atoms with E-state index in [9.17, 15) is 22.8 Å². The number of ether oxygens (including phenoxy) is 1. The largest absolute Gasteiger partial charge is 0.522 e. The van der Waals surface area contributed by atoms with Gasteiger partial charge in [-0.05, 0) is 25.3 Å². The Morgan fingerprint density at radius 2 is 1.92 bits per heavy atom. The summed E-state index contributed by atoms with van der Waals surface area (Å²) >= 11 is 0. The first-order valence-corrected chi connectivity index (χ1v) is 7.49. The lowest BCUT2D eigenvalue weighted by Crippen LogP contribution is -2.42. The average Bonchev–Trinajstić information content (AvgIpc) is 2.96. The highest BCUT2D eigenvalue weighted by atomic mass is 19.4. The lowest BCUT2D eigenvalue weighted by Gasteiger charge is -2.32. The van der Waals surface area contributed by atoms with Gasteiger partial charge >= 0.3 is 6.36 Å². The number of hydrogen-bond acceptors (Lipinski definition) is 3. The maximum Gasteiger partial charge on any atom is 0.522 e. The number of rotatable bonds is 2. The van der Waals surface area contributed by atoms with Crippen molar-refractivity contribution in [2.45, 2.75) is 32.2 Å². The summed E-state index contributed by atoms with van der Waals surface area (Å²) in [4.78, 5) is 31.6. The van der Waals surface area contributed by atoms with Gasteiger partial charge in [0, 0.05) is 25.5 Å². The van der Waals surface area contributed by atoms with Crippen LogP contribution in [0.3, 0.4) is 0 Å². The third-order valence-corrected chi connectivity index (χ3v) is 4.18. The van der Waals surface area contributed by atoms with E-state index in [1.807, 2.05) is 0 Å². The number of halogens is 3. The molecule has 1 aliphatic rings. The van der Waals surface area contributed by atoms with E-state index in [0.29, 0.717) is 5.52 Å². The Kier molecular flexibility index (Phi) is 4.12. The minimum absolute atomic E-state index is 0.100. The molecule has 3 heterocycles. The fourth-order valence-electron chi connectivity index (χ4n) is 2.99. The number of pyridine rings is 1. The molecule has 0 aliphatic carbocycles. The van der Waals surface area contributed by atoms with Crippen molar-refractivity contribution in [2.24, 2.45) is 0 Å². The molecule has 24 heavy (non-hydrogen) atoms. The van der Waals surface area contributed by atoms with Crippen LogP contribution < -0.4 is 5.56 Å². The van der Waals surface area contributed by atoms with Crippen LogP contribution in [0, 0.1) is 6.92 Å². The number of H-pyrrole nitrogens is 2. The van der Waals surface area contributed by atoms with Gasteiger partial charge in [0.2, 0.25) is 0 Å². The van der Waals surface area contributed by atoms with Gasteiger partial charge in [-0.1, -0.05) is 0 Å². The Morgan fingerprint density at radius 1 is 1.25 bits per heavy atom. The van der Waals surface area contributed by atoms with Crippen LogP contribution in [0.5, 0.6) is 0 Å². The van der Waals surface area contributed by atoms with E-state index < -0.39 is 12.5 Å². The molecule has 2 aromatic rings. The van der Waals surface area contributed by atoms with E-state index in [0.717, 1.165) is 5.56 Å². The molecule has 130 valence electrons. The topological polar surface area (TPSA) is 78.2 Å². The van der Waals surface area contributed by atoms with Crippen LogP contribution in [-0.4, -0.2) is 46.3 Å². The summed E-state index contributed by atoms with van der Waals surface area (Å²) in [5, 5.41) is 0.272. The Bertz CT molecular complexity index is 817. The molecule has 0 saturated carbocycles. The summed E-state index contributed by atoms with van der Waals surface area (Å²) in [5.74, 6) is -0.372. The number of amides is 1. The minimum Gasteiger partial charge on any atom is -0.360 e. The van der Waals surface area contributed by atoms with Crippen molar-refractivity contribution in [3.05, 3.63) is 33.9 Å². The van der Waals surface area contributed by atoms with Gasteiger partial charge in [-0.3, -0.25) is 14.3 Å². The molecule has 1 saturated heterocycles. The zero-order valence-electron chi connectivity index (χ0n) is 12.9. The van der Waals surface area contributed by atoms with E-state index in [-0.39, 0.29) is 48.3 Å². The van der Waals surface area contributed by atoms with Crippen LogP contribution in [0.2, 0.25) is 0 Å². The zero-order chi connectivity index (χ0) is 17.5. The van der Waals surface area contributed by atoms with Crippen molar-refractivity contribution in [3.8, 4) is 0 Å². The van der Waals surface area contributed by atoms with Gasteiger partial charge in [0.05, 0.1) is 22.6 Å². The lowest BCUT2D eigenvalue weighted by molar-refractivity contribution is -0.345. The Labute approximate surface area is 134 Å². The molecule has 1 fully saturated rings. The summed E-state index contributed by atoms with van der Waals surface area (Å²) in [5.41, 5.74) is 1.22. The highest BCUT2D eigenvalue weighted by Gasteiger charge is 2.36. The third kappa shape index (κ3) is 3.16. The van der Waals surface area contributed by atoms with Crippen LogP contribution in [0.4, 0.5) is 13.2 Å². The monoisotopic (exact) mass is 343 g/mol. The van der Waals surface area contributed by atoms with Gasteiger partial charge in [-0.15, -0.1) is 13.2 Å². The van der Waals surface area contributed by atoms with Gasteiger partial charge in [-0.25, -0.2) is 0 Å². The third-order valence-electron chi connectivity index (χ3n) is 4.18. The van der Waals surface area contributed by atoms with Gasteiger partial charge in [-0.2, -0.15) is 0 Å². The molecule has 9 heteroatoms. The van der Waals surface area contributed by atoms with E-state index in [1.165, 1.54) is 11.1 Å². The minimum atomic E-state index is -4.67. The molecule has 0 radical (unpaired) electrons. The number of aromatic nitrogens is 2. The number of nitrogens with one attached hydrogen (secondary N) is 2. The highest BCUT2D eigenvalue weighted by molar-refractivity contribution is 6.06. The second-order valence-electron chi connectivity index (χ2n) is 5.81. The number of aryl methyl sites for hydroxylation is 1. The van der Waals surface area contributed by atoms with Crippen molar-refractivity contribution in [2.75, 3.05) is 13.1 Å². The van der Waals surface area contributed by atoms with Crippen molar-refractivity contribution < 1.29 is 22.7 Å². The Balaban J connectivity index is 1.77. The fourth-order valence-corrected chi connectivity index (χ4v) is 2.99. The van der Waals surface area contributed by atoms with Gasteiger partial charge < -0.3 is 14.9 Å². The molecule has 0 spiro atoms. The van der Waals surface area contributed by atoms with Crippen LogP contribution >= 0.6 is 0 Å². The molecule has 2 N–H and O–H groups in total. The lowest BCUT2D eigenvalue weighted by atomic mass is 10.1. The van der Waals surface area contributed by atoms with Crippen molar-refractivity contribution in [3.63, 3.8) is 0 Å². The molecule has 0 bridgehead atoms. The number of likely N-dealkylation sites (tertiary alicyclic amines) is 1. The fraction of sp³-hybridized carbons (Fsp3) is 0.467. The standard InChI is InChI=1S/C15H16F3N3O3/c1-8-6-20-13(22)11-10(7-19-12(8)11)14(23)21-4-2-9(3-5-21)24-15(16,17)18/h6-7,9,19H,2-5H2,1H3,(H,20,22). The van der Waals surface area contributed by atoms with E-state index in [2.05, 4.69) is 14.7 Å². The summed E-state index contributed by atoms with van der Waals surface area (Å²) in [6, 6.07) is 0. The highest BCUT2D eigenvalue weighted by Crippen LogP contribution is 2.26. The predicted molar refractivity (Wildman–Crippen MR) is 79.7 cm³/mol. The summed E-state index contributed by atoms with van der Waals surface area (Å²) in [6.07, 6.45) is -2.39. The first-order valence-electron chi connectivity index (χ1n) is 7.49. The summed E-state index contributed by atoms with van der Waals surface area (Å²) in [6.45, 7) is 2.09. The summed E-state index contributed by atoms with van der Waals surface area (Å²) < 4.78 is 40.7. The molecule has 0 aromatic carbocycles. The van der Waals surface area contributed by atoms with E-state index >= 15 is 0 Å². The maximum atomic E-state index is 12.6. The zero-order valence-corrected chi connectivity index (χ0v) is 12.9. The Hall–Kier alpha value is -2.29. The molecule has 3 rings (SSSR count). The molecular weight excluding hydrogens is 327 g/mol. The maximum absolute atomic E-state index is 12.6. The SMILES string of the molecule is Cc1c[nH]c(=O)c2c(C(=O)N3CCC(OC(F)(F)F)CC3)c[nH]c12. The van der Waals surface area contributed by atoms with Crippen molar-refractivity contribution in [1.82, 2.24) is 14.9 Å². The number of carbonyl (C=O) groups is 1. The molecule has 1 aliphatic heterocycles. The second-order valence-corrected chi connectivity index (χ2v) is 5.81. The summed E-state index contributed by atoms with van der Waals surface area (Å²) in [7, 11) is 0. The first-order chi connectivity index (χ1) is 11.3. The normalized spacial score (nSPS) is 16.8. The first kappa shape index (κ1) is 16.6. The number of piperidine rings is 1. The smallest absolute Gasteiger partial charge is 0.360 e. The van der Waals surface area contributed by atoms with Crippen LogP contribution in [-0.2, 0) is 4.74 Å². The number of fused-ring (bicyclic) bond motifs is 1. The predicted octanol–water partition coefficient (Wildman–Crippen LogP) is 2.31.